The van der Waals surface area contributed by atoms with Gasteiger partial charge >= 0.3 is 0 Å². The molecular weight excluding hydrogens is 368 g/mol. The van der Waals surface area contributed by atoms with Crippen LogP contribution in [0.1, 0.15) is 21.5 Å². The quantitative estimate of drug-likeness (QED) is 0.569. The van der Waals surface area contributed by atoms with Crippen LogP contribution in [0.4, 0.5) is 11.6 Å². The Balaban J connectivity index is 1.48. The Hall–Kier alpha value is -3.61. The second-order valence-electron chi connectivity index (χ2n) is 6.47. The van der Waals surface area contributed by atoms with E-state index >= 15 is 0 Å². The molecule has 7 heteroatoms. The molecule has 3 rings (SSSR count). The third-order valence-electron chi connectivity index (χ3n) is 4.35. The number of carbonyl (C=O) groups excluding carboxylic acids is 1. The lowest BCUT2D eigenvalue weighted by Gasteiger charge is -2.11. The Morgan fingerprint density at radius 3 is 2.21 bits per heavy atom. The van der Waals surface area contributed by atoms with Gasteiger partial charge in [-0.3, -0.25) is 4.79 Å². The Kier molecular flexibility index (Phi) is 6.63. The highest BCUT2D eigenvalue weighted by molar-refractivity contribution is 5.93. The number of nitrogens with one attached hydrogen (secondary N) is 2. The number of benzene rings is 2. The molecule has 0 bridgehead atoms. The van der Waals surface area contributed by atoms with E-state index in [1.165, 1.54) is 12.4 Å². The van der Waals surface area contributed by atoms with Crippen molar-refractivity contribution in [3.63, 3.8) is 0 Å². The van der Waals surface area contributed by atoms with Crippen LogP contribution in [-0.2, 0) is 0 Å². The van der Waals surface area contributed by atoms with E-state index in [1.807, 2.05) is 56.3 Å². The molecule has 0 aliphatic rings. The van der Waals surface area contributed by atoms with E-state index < -0.39 is 0 Å². The van der Waals surface area contributed by atoms with Crippen molar-refractivity contribution >= 4 is 17.5 Å². The summed E-state index contributed by atoms with van der Waals surface area (Å²) in [5.74, 6) is 1.68. The molecule has 0 aliphatic heterocycles. The number of hydrogen-bond acceptors (Lipinski definition) is 6. The van der Waals surface area contributed by atoms with E-state index in [9.17, 15) is 4.79 Å². The van der Waals surface area contributed by atoms with Crippen molar-refractivity contribution in [2.45, 2.75) is 13.8 Å². The molecule has 0 saturated carbocycles. The van der Waals surface area contributed by atoms with Crippen molar-refractivity contribution in [3.8, 4) is 11.5 Å². The molecule has 2 aromatic carbocycles. The fraction of sp³-hybridized carbons (Fsp3) is 0.227. The number of hydrogen-bond donors (Lipinski definition) is 2. The standard InChI is InChI=1S/C22H24N4O3/c1-15-5-4-6-16(2)20(15)26-22-24-13-17(14-25-22)21(27)23-11-12-29-19-9-7-18(28-3)8-10-19/h4-10,13-14H,11-12H2,1-3H3,(H,23,27)(H,24,25,26). The number of aryl methyl sites for hydroxylation is 2. The number of methoxy groups -OCH3 is 1. The van der Waals surface area contributed by atoms with Crippen molar-refractivity contribution in [3.05, 3.63) is 71.5 Å². The second kappa shape index (κ2) is 9.54. The first kappa shape index (κ1) is 20.1. The van der Waals surface area contributed by atoms with Gasteiger partial charge in [-0.1, -0.05) is 18.2 Å². The maximum atomic E-state index is 12.2. The lowest BCUT2D eigenvalue weighted by Crippen LogP contribution is -2.28. The topological polar surface area (TPSA) is 85.4 Å². The lowest BCUT2D eigenvalue weighted by atomic mass is 10.1. The van der Waals surface area contributed by atoms with E-state index in [-0.39, 0.29) is 5.91 Å². The molecular formula is C22H24N4O3. The molecule has 29 heavy (non-hydrogen) atoms. The van der Waals surface area contributed by atoms with Gasteiger partial charge in [0.05, 0.1) is 19.2 Å². The zero-order chi connectivity index (χ0) is 20.6. The maximum absolute atomic E-state index is 12.2. The number of amides is 1. The summed E-state index contributed by atoms with van der Waals surface area (Å²) in [5, 5.41) is 5.99. The van der Waals surface area contributed by atoms with Gasteiger partial charge in [0.2, 0.25) is 5.95 Å². The number of nitrogens with zero attached hydrogens (tertiary/aromatic N) is 2. The summed E-state index contributed by atoms with van der Waals surface area (Å²) in [6.45, 7) is 4.76. The first-order chi connectivity index (χ1) is 14.1. The van der Waals surface area contributed by atoms with E-state index in [1.54, 1.807) is 7.11 Å². The molecule has 1 aromatic heterocycles. The van der Waals surface area contributed by atoms with Crippen molar-refractivity contribution in [2.24, 2.45) is 0 Å². The van der Waals surface area contributed by atoms with Gasteiger partial charge in [0.25, 0.3) is 5.91 Å². The van der Waals surface area contributed by atoms with Crippen molar-refractivity contribution in [1.29, 1.82) is 0 Å². The Bertz CT molecular complexity index is 937. The summed E-state index contributed by atoms with van der Waals surface area (Å²) >= 11 is 0. The highest BCUT2D eigenvalue weighted by atomic mass is 16.5. The minimum atomic E-state index is -0.248. The lowest BCUT2D eigenvalue weighted by molar-refractivity contribution is 0.0946. The van der Waals surface area contributed by atoms with Gasteiger partial charge in [0.15, 0.2) is 0 Å². The predicted molar refractivity (Wildman–Crippen MR) is 112 cm³/mol. The third kappa shape index (κ3) is 5.44. The Morgan fingerprint density at radius 2 is 1.59 bits per heavy atom. The van der Waals surface area contributed by atoms with Gasteiger partial charge in [0, 0.05) is 18.1 Å². The van der Waals surface area contributed by atoms with Gasteiger partial charge in [-0.2, -0.15) is 0 Å². The van der Waals surface area contributed by atoms with Gasteiger partial charge in [-0.15, -0.1) is 0 Å². The molecule has 3 aromatic rings. The highest BCUT2D eigenvalue weighted by Crippen LogP contribution is 2.22. The normalized spacial score (nSPS) is 10.3. The first-order valence-electron chi connectivity index (χ1n) is 9.27. The van der Waals surface area contributed by atoms with Crippen LogP contribution in [0.15, 0.2) is 54.9 Å². The number of para-hydroxylation sites is 1. The molecule has 0 fully saturated rings. The SMILES string of the molecule is COc1ccc(OCCNC(=O)c2cnc(Nc3c(C)cccc3C)nc2)cc1. The number of anilines is 2. The van der Waals surface area contributed by atoms with E-state index in [4.69, 9.17) is 9.47 Å². The monoisotopic (exact) mass is 392 g/mol. The summed E-state index contributed by atoms with van der Waals surface area (Å²) in [7, 11) is 1.61. The van der Waals surface area contributed by atoms with Gasteiger partial charge < -0.3 is 20.1 Å². The molecule has 1 heterocycles. The summed E-state index contributed by atoms with van der Waals surface area (Å²) in [6.07, 6.45) is 3.01. The summed E-state index contributed by atoms with van der Waals surface area (Å²) in [6, 6.07) is 13.3. The fourth-order valence-electron chi connectivity index (χ4n) is 2.74. The first-order valence-corrected chi connectivity index (χ1v) is 9.27. The fourth-order valence-corrected chi connectivity index (χ4v) is 2.74. The Morgan fingerprint density at radius 1 is 0.966 bits per heavy atom. The Labute approximate surface area is 170 Å². The molecule has 7 nitrogen and oxygen atoms in total. The molecule has 0 radical (unpaired) electrons. The zero-order valence-electron chi connectivity index (χ0n) is 16.7. The van der Waals surface area contributed by atoms with Crippen LogP contribution in [0.2, 0.25) is 0 Å². The molecule has 150 valence electrons. The summed E-state index contributed by atoms with van der Waals surface area (Å²) in [4.78, 5) is 20.7. The van der Waals surface area contributed by atoms with E-state index in [0.29, 0.717) is 30.4 Å². The molecule has 0 spiro atoms. The third-order valence-corrected chi connectivity index (χ3v) is 4.35. The van der Waals surface area contributed by atoms with Crippen LogP contribution in [0.3, 0.4) is 0 Å². The summed E-state index contributed by atoms with van der Waals surface area (Å²) < 4.78 is 10.7. The molecule has 2 N–H and O–H groups in total. The van der Waals surface area contributed by atoms with Gasteiger partial charge in [0.1, 0.15) is 18.1 Å². The number of ether oxygens (including phenoxy) is 2. The van der Waals surface area contributed by atoms with E-state index in [2.05, 4.69) is 20.6 Å². The van der Waals surface area contributed by atoms with E-state index in [0.717, 1.165) is 22.6 Å². The van der Waals surface area contributed by atoms with Crippen LogP contribution in [0.25, 0.3) is 0 Å². The van der Waals surface area contributed by atoms with Crippen molar-refractivity contribution in [2.75, 3.05) is 25.6 Å². The van der Waals surface area contributed by atoms with Crippen LogP contribution in [0.5, 0.6) is 11.5 Å². The average molecular weight is 392 g/mol. The number of rotatable bonds is 8. The van der Waals surface area contributed by atoms with Crippen LogP contribution >= 0.6 is 0 Å². The zero-order valence-corrected chi connectivity index (χ0v) is 16.7. The minimum Gasteiger partial charge on any atom is -0.497 e. The van der Waals surface area contributed by atoms with Crippen LogP contribution in [-0.4, -0.2) is 36.1 Å². The number of aromatic nitrogens is 2. The van der Waals surface area contributed by atoms with Gasteiger partial charge in [-0.05, 0) is 49.2 Å². The maximum Gasteiger partial charge on any atom is 0.254 e. The predicted octanol–water partition coefficient (Wildman–Crippen LogP) is 3.65. The smallest absolute Gasteiger partial charge is 0.254 e. The van der Waals surface area contributed by atoms with Crippen molar-refractivity contribution in [1.82, 2.24) is 15.3 Å². The van der Waals surface area contributed by atoms with Crippen LogP contribution in [0, 0.1) is 13.8 Å². The molecule has 1 amide bonds. The number of carbonyl (C=O) groups is 1. The van der Waals surface area contributed by atoms with Crippen LogP contribution < -0.4 is 20.1 Å². The molecule has 0 unspecified atom stereocenters. The van der Waals surface area contributed by atoms with Crippen molar-refractivity contribution < 1.29 is 14.3 Å². The van der Waals surface area contributed by atoms with Gasteiger partial charge in [-0.25, -0.2) is 9.97 Å². The largest absolute Gasteiger partial charge is 0.497 e. The highest BCUT2D eigenvalue weighted by Gasteiger charge is 2.08. The second-order valence-corrected chi connectivity index (χ2v) is 6.47. The summed E-state index contributed by atoms with van der Waals surface area (Å²) in [5.41, 5.74) is 3.57. The molecule has 0 saturated heterocycles. The molecule has 0 atom stereocenters. The average Bonchev–Trinajstić information content (AvgIpc) is 2.74. The molecule has 0 aliphatic carbocycles. The minimum absolute atomic E-state index is 0.248.